The second-order valence-electron chi connectivity index (χ2n) is 7.57. The van der Waals surface area contributed by atoms with Crippen LogP contribution >= 0.6 is 35.0 Å². The van der Waals surface area contributed by atoms with Crippen LogP contribution in [0.1, 0.15) is 21.9 Å². The second-order valence-corrected chi connectivity index (χ2v) is 9.49. The zero-order chi connectivity index (χ0) is 23.5. The number of anilines is 1. The third-order valence-electron chi connectivity index (χ3n) is 4.89. The smallest absolute Gasteiger partial charge is 0.242 e. The first-order chi connectivity index (χ1) is 15.8. The summed E-state index contributed by atoms with van der Waals surface area (Å²) in [7, 11) is 0. The molecular formula is C24H21Cl2N5OS. The summed E-state index contributed by atoms with van der Waals surface area (Å²) in [6.45, 7) is 3.98. The van der Waals surface area contributed by atoms with Gasteiger partial charge in [0.1, 0.15) is 5.25 Å². The zero-order valence-corrected chi connectivity index (χ0v) is 20.2. The molecule has 0 spiro atoms. The molecule has 3 N–H and O–H groups in total. The average Bonchev–Trinajstić information content (AvgIpc) is 3.13. The van der Waals surface area contributed by atoms with Gasteiger partial charge in [-0.3, -0.25) is 4.79 Å². The van der Waals surface area contributed by atoms with Crippen molar-refractivity contribution in [2.75, 3.05) is 11.2 Å². The number of aromatic nitrogens is 3. The SMILES string of the molecule is Cc1cc(C)cc(NC(=O)C(Sc2nnc(-c3cc(Cl)ccc3Cl)n2N)c2ccccc2)c1. The predicted molar refractivity (Wildman–Crippen MR) is 135 cm³/mol. The van der Waals surface area contributed by atoms with Crippen molar-refractivity contribution >= 4 is 46.6 Å². The van der Waals surface area contributed by atoms with Crippen molar-refractivity contribution in [1.29, 1.82) is 0 Å². The molecule has 0 saturated carbocycles. The number of rotatable bonds is 6. The summed E-state index contributed by atoms with van der Waals surface area (Å²) in [5, 5.41) is 12.1. The van der Waals surface area contributed by atoms with Gasteiger partial charge < -0.3 is 11.2 Å². The molecule has 1 heterocycles. The molecule has 0 radical (unpaired) electrons. The monoisotopic (exact) mass is 497 g/mol. The molecule has 0 fully saturated rings. The molecule has 1 unspecified atom stereocenters. The highest BCUT2D eigenvalue weighted by atomic mass is 35.5. The van der Waals surface area contributed by atoms with E-state index in [0.29, 0.717) is 26.6 Å². The van der Waals surface area contributed by atoms with Gasteiger partial charge in [-0.25, -0.2) is 4.68 Å². The van der Waals surface area contributed by atoms with Crippen molar-refractivity contribution in [3.05, 3.63) is 93.5 Å². The normalized spacial score (nSPS) is 11.9. The Labute approximate surface area is 206 Å². The van der Waals surface area contributed by atoms with Gasteiger partial charge in [-0.05, 0) is 60.9 Å². The molecule has 9 heteroatoms. The van der Waals surface area contributed by atoms with E-state index >= 15 is 0 Å². The first kappa shape index (κ1) is 23.2. The molecular weight excluding hydrogens is 477 g/mol. The van der Waals surface area contributed by atoms with E-state index in [1.807, 2.05) is 56.3 Å². The van der Waals surface area contributed by atoms with Crippen molar-refractivity contribution in [2.45, 2.75) is 24.3 Å². The van der Waals surface area contributed by atoms with E-state index in [1.54, 1.807) is 18.2 Å². The van der Waals surface area contributed by atoms with Gasteiger partial charge in [0, 0.05) is 16.3 Å². The maximum atomic E-state index is 13.4. The van der Waals surface area contributed by atoms with Crippen LogP contribution in [-0.4, -0.2) is 20.8 Å². The minimum atomic E-state index is -0.610. The summed E-state index contributed by atoms with van der Waals surface area (Å²) >= 11 is 13.6. The topological polar surface area (TPSA) is 85.8 Å². The highest BCUT2D eigenvalue weighted by molar-refractivity contribution is 8.00. The Hall–Kier alpha value is -3.00. The molecule has 0 aliphatic heterocycles. The third kappa shape index (κ3) is 5.33. The van der Waals surface area contributed by atoms with Crippen LogP contribution in [0.25, 0.3) is 11.4 Å². The third-order valence-corrected chi connectivity index (χ3v) is 6.66. The van der Waals surface area contributed by atoms with Gasteiger partial charge >= 0.3 is 0 Å². The maximum absolute atomic E-state index is 13.4. The van der Waals surface area contributed by atoms with Gasteiger partial charge in [-0.2, -0.15) is 0 Å². The summed E-state index contributed by atoms with van der Waals surface area (Å²) in [5.74, 6) is 6.47. The molecule has 3 aromatic carbocycles. The highest BCUT2D eigenvalue weighted by Crippen LogP contribution is 2.37. The fraction of sp³-hybridized carbons (Fsp3) is 0.125. The number of hydrogen-bond acceptors (Lipinski definition) is 5. The molecule has 1 atom stereocenters. The first-order valence-corrected chi connectivity index (χ1v) is 11.7. The fourth-order valence-corrected chi connectivity index (χ4v) is 4.80. The van der Waals surface area contributed by atoms with Crippen LogP contribution < -0.4 is 11.2 Å². The van der Waals surface area contributed by atoms with Gasteiger partial charge in [0.25, 0.3) is 0 Å². The lowest BCUT2D eigenvalue weighted by Crippen LogP contribution is -2.20. The minimum absolute atomic E-state index is 0.193. The lowest BCUT2D eigenvalue weighted by atomic mass is 10.1. The van der Waals surface area contributed by atoms with Gasteiger partial charge in [-0.15, -0.1) is 10.2 Å². The van der Waals surface area contributed by atoms with Gasteiger partial charge in [-0.1, -0.05) is 71.4 Å². The summed E-state index contributed by atoms with van der Waals surface area (Å²) in [5.41, 5.74) is 4.24. The van der Waals surface area contributed by atoms with Crippen LogP contribution in [0.3, 0.4) is 0 Å². The lowest BCUT2D eigenvalue weighted by Gasteiger charge is -2.17. The number of hydrogen-bond donors (Lipinski definition) is 2. The lowest BCUT2D eigenvalue weighted by molar-refractivity contribution is -0.115. The van der Waals surface area contributed by atoms with Crippen molar-refractivity contribution < 1.29 is 4.79 Å². The van der Waals surface area contributed by atoms with Gasteiger partial charge in [0.2, 0.25) is 11.1 Å². The molecule has 0 saturated heterocycles. The second kappa shape index (κ2) is 9.87. The van der Waals surface area contributed by atoms with Crippen LogP contribution in [0.4, 0.5) is 5.69 Å². The summed E-state index contributed by atoms with van der Waals surface area (Å²) < 4.78 is 1.32. The van der Waals surface area contributed by atoms with Gasteiger partial charge in [0.15, 0.2) is 5.82 Å². The molecule has 6 nitrogen and oxygen atoms in total. The average molecular weight is 498 g/mol. The Morgan fingerprint density at radius 1 is 1.00 bits per heavy atom. The summed E-state index contributed by atoms with van der Waals surface area (Å²) in [6, 6.07) is 20.4. The number of amides is 1. The molecule has 1 aromatic heterocycles. The van der Waals surface area contributed by atoms with Crippen LogP contribution in [0.5, 0.6) is 0 Å². The van der Waals surface area contributed by atoms with E-state index in [2.05, 4.69) is 21.6 Å². The molecule has 0 bridgehead atoms. The Bertz CT molecular complexity index is 1290. The molecule has 1 amide bonds. The van der Waals surface area contributed by atoms with Crippen molar-refractivity contribution in [1.82, 2.24) is 14.9 Å². The van der Waals surface area contributed by atoms with E-state index in [-0.39, 0.29) is 5.91 Å². The largest absolute Gasteiger partial charge is 0.335 e. The predicted octanol–water partition coefficient (Wildman–Crippen LogP) is 6.05. The van der Waals surface area contributed by atoms with Crippen molar-refractivity contribution in [2.24, 2.45) is 0 Å². The van der Waals surface area contributed by atoms with Crippen molar-refractivity contribution in [3.63, 3.8) is 0 Å². The fourth-order valence-electron chi connectivity index (χ4n) is 3.47. The number of nitrogens with zero attached hydrogens (tertiary/aromatic N) is 3. The van der Waals surface area contributed by atoms with E-state index in [4.69, 9.17) is 29.0 Å². The number of benzene rings is 3. The summed E-state index contributed by atoms with van der Waals surface area (Å²) in [4.78, 5) is 13.4. The van der Waals surface area contributed by atoms with E-state index < -0.39 is 5.25 Å². The van der Waals surface area contributed by atoms with Crippen molar-refractivity contribution in [3.8, 4) is 11.4 Å². The van der Waals surface area contributed by atoms with E-state index in [9.17, 15) is 4.79 Å². The molecule has 0 aliphatic carbocycles. The van der Waals surface area contributed by atoms with Crippen LogP contribution in [0.2, 0.25) is 10.0 Å². The maximum Gasteiger partial charge on any atom is 0.242 e. The number of carbonyl (C=O) groups excluding carboxylic acids is 1. The molecule has 0 aliphatic rings. The number of thioether (sulfide) groups is 1. The number of halogens is 2. The van der Waals surface area contributed by atoms with Crippen LogP contribution in [0, 0.1) is 13.8 Å². The molecule has 168 valence electrons. The van der Waals surface area contributed by atoms with E-state index in [1.165, 1.54) is 16.4 Å². The Morgan fingerprint density at radius 3 is 2.39 bits per heavy atom. The number of carbonyl (C=O) groups is 1. The molecule has 4 aromatic rings. The Balaban J connectivity index is 1.66. The highest BCUT2D eigenvalue weighted by Gasteiger charge is 2.26. The number of nitrogens with two attached hydrogens (primary N) is 1. The molecule has 4 rings (SSSR count). The zero-order valence-electron chi connectivity index (χ0n) is 17.9. The standard InChI is InChI=1S/C24H21Cl2N5OS/c1-14-10-15(2)12-18(11-14)28-23(32)21(16-6-4-3-5-7-16)33-24-30-29-22(31(24)27)19-13-17(25)8-9-20(19)26/h3-13,21H,27H2,1-2H3,(H,28,32). The summed E-state index contributed by atoms with van der Waals surface area (Å²) in [6.07, 6.45) is 0. The number of nitrogen functional groups attached to an aromatic ring is 1. The first-order valence-electron chi connectivity index (χ1n) is 10.1. The number of aryl methyl sites for hydroxylation is 2. The molecule has 33 heavy (non-hydrogen) atoms. The van der Waals surface area contributed by atoms with Crippen LogP contribution in [-0.2, 0) is 4.79 Å². The van der Waals surface area contributed by atoms with Crippen LogP contribution in [0.15, 0.2) is 71.9 Å². The van der Waals surface area contributed by atoms with E-state index in [0.717, 1.165) is 22.4 Å². The Kier molecular flexibility index (Phi) is 6.93. The quantitative estimate of drug-likeness (QED) is 0.250. The number of nitrogens with one attached hydrogen (secondary N) is 1. The van der Waals surface area contributed by atoms with Gasteiger partial charge in [0.05, 0.1) is 5.02 Å². The Morgan fingerprint density at radius 2 is 1.70 bits per heavy atom. The minimum Gasteiger partial charge on any atom is -0.335 e.